The van der Waals surface area contributed by atoms with Gasteiger partial charge < -0.3 is 14.8 Å². The summed E-state index contributed by atoms with van der Waals surface area (Å²) in [6.07, 6.45) is 0. The lowest BCUT2D eigenvalue weighted by Crippen LogP contribution is -2.33. The number of ether oxygens (including phenoxy) is 2. The van der Waals surface area contributed by atoms with Gasteiger partial charge in [-0.2, -0.15) is 0 Å². The zero-order valence-electron chi connectivity index (χ0n) is 14.0. The number of amides is 1. The molecule has 0 aliphatic rings. The van der Waals surface area contributed by atoms with Gasteiger partial charge in [-0.25, -0.2) is 0 Å². The molecule has 24 heavy (non-hydrogen) atoms. The number of nitrogens with one attached hydrogen (secondary N) is 1. The average Bonchev–Trinajstić information content (AvgIpc) is 2.64. The summed E-state index contributed by atoms with van der Waals surface area (Å²) in [5.74, 6) is 2.24. The maximum atomic E-state index is 12.1. The normalized spacial score (nSPS) is 11.6. The van der Waals surface area contributed by atoms with Crippen molar-refractivity contribution in [2.75, 3.05) is 26.0 Å². The summed E-state index contributed by atoms with van der Waals surface area (Å²) in [6.45, 7) is 2.85. The van der Waals surface area contributed by atoms with Gasteiger partial charge in [0.1, 0.15) is 18.1 Å². The van der Waals surface area contributed by atoms with Crippen molar-refractivity contribution in [3.05, 3.63) is 54.6 Å². The minimum Gasteiger partial charge on any atom is -0.497 e. The Morgan fingerprint density at radius 2 is 1.88 bits per heavy atom. The van der Waals surface area contributed by atoms with Gasteiger partial charge in [-0.1, -0.05) is 31.2 Å². The Morgan fingerprint density at radius 3 is 2.62 bits per heavy atom. The molecular formula is C19H23NO3S. The summed E-state index contributed by atoms with van der Waals surface area (Å²) >= 11 is 1.69. The van der Waals surface area contributed by atoms with Crippen LogP contribution in [-0.4, -0.2) is 31.9 Å². The summed E-state index contributed by atoms with van der Waals surface area (Å²) < 4.78 is 10.8. The van der Waals surface area contributed by atoms with Crippen molar-refractivity contribution in [1.82, 2.24) is 5.32 Å². The molecule has 0 saturated heterocycles. The van der Waals surface area contributed by atoms with Crippen LogP contribution in [0.5, 0.6) is 11.5 Å². The first kappa shape index (κ1) is 18.2. The molecule has 0 fully saturated rings. The van der Waals surface area contributed by atoms with E-state index in [1.165, 1.54) is 4.90 Å². The van der Waals surface area contributed by atoms with Crippen LogP contribution in [-0.2, 0) is 4.79 Å². The molecule has 0 aromatic heterocycles. The van der Waals surface area contributed by atoms with E-state index in [2.05, 4.69) is 17.4 Å². The van der Waals surface area contributed by atoms with E-state index in [1.807, 2.05) is 49.4 Å². The molecule has 1 N–H and O–H groups in total. The first-order valence-corrected chi connectivity index (χ1v) is 8.90. The molecule has 5 heteroatoms. The largest absolute Gasteiger partial charge is 0.497 e. The van der Waals surface area contributed by atoms with E-state index in [0.717, 1.165) is 17.3 Å². The van der Waals surface area contributed by atoms with Crippen LogP contribution >= 0.6 is 11.8 Å². The Morgan fingerprint density at radius 1 is 1.12 bits per heavy atom. The Bertz CT molecular complexity index is 634. The van der Waals surface area contributed by atoms with Gasteiger partial charge in [0.25, 0.3) is 0 Å². The SMILES string of the molecule is COc1cccc(OCCNC(=O)C(C)CSc2ccccc2)c1. The molecule has 1 unspecified atom stereocenters. The smallest absolute Gasteiger partial charge is 0.223 e. The first-order valence-electron chi connectivity index (χ1n) is 7.91. The van der Waals surface area contributed by atoms with Gasteiger partial charge in [-0.15, -0.1) is 11.8 Å². The van der Waals surface area contributed by atoms with Crippen LogP contribution in [0.1, 0.15) is 6.92 Å². The molecule has 2 aromatic rings. The fraction of sp³-hybridized carbons (Fsp3) is 0.316. The highest BCUT2D eigenvalue weighted by atomic mass is 32.2. The van der Waals surface area contributed by atoms with Crippen LogP contribution in [0.15, 0.2) is 59.5 Å². The van der Waals surface area contributed by atoms with E-state index in [9.17, 15) is 4.79 Å². The standard InChI is InChI=1S/C19H23NO3S/c1-15(14-24-18-9-4-3-5-10-18)19(21)20-11-12-23-17-8-6-7-16(13-17)22-2/h3-10,13,15H,11-12,14H2,1-2H3,(H,20,21). The Labute approximate surface area is 147 Å². The van der Waals surface area contributed by atoms with E-state index >= 15 is 0 Å². The lowest BCUT2D eigenvalue weighted by atomic mass is 10.2. The molecule has 2 aromatic carbocycles. The Balaban J connectivity index is 1.65. The van der Waals surface area contributed by atoms with Gasteiger partial charge in [-0.3, -0.25) is 4.79 Å². The Hall–Kier alpha value is -2.14. The van der Waals surface area contributed by atoms with Crippen molar-refractivity contribution in [3.63, 3.8) is 0 Å². The van der Waals surface area contributed by atoms with Gasteiger partial charge in [0.2, 0.25) is 5.91 Å². The number of benzene rings is 2. The number of carbonyl (C=O) groups is 1. The second kappa shape index (κ2) is 9.88. The molecule has 0 aliphatic heterocycles. The van der Waals surface area contributed by atoms with Crippen LogP contribution in [0.25, 0.3) is 0 Å². The monoisotopic (exact) mass is 345 g/mol. The third-order valence-corrected chi connectivity index (χ3v) is 4.67. The molecule has 128 valence electrons. The van der Waals surface area contributed by atoms with Crippen LogP contribution in [0.4, 0.5) is 0 Å². The third-order valence-electron chi connectivity index (χ3n) is 3.40. The summed E-state index contributed by atoms with van der Waals surface area (Å²) in [7, 11) is 1.62. The second-order valence-electron chi connectivity index (χ2n) is 5.34. The number of hydrogen-bond acceptors (Lipinski definition) is 4. The molecule has 0 spiro atoms. The van der Waals surface area contributed by atoms with Crippen molar-refractivity contribution < 1.29 is 14.3 Å². The number of hydrogen-bond donors (Lipinski definition) is 1. The summed E-state index contributed by atoms with van der Waals surface area (Å²) in [5, 5.41) is 2.91. The minimum atomic E-state index is -0.0491. The minimum absolute atomic E-state index is 0.0488. The number of rotatable bonds is 9. The van der Waals surface area contributed by atoms with Gasteiger partial charge in [0, 0.05) is 22.6 Å². The third kappa shape index (κ3) is 6.16. The molecular weight excluding hydrogens is 322 g/mol. The fourth-order valence-electron chi connectivity index (χ4n) is 2.02. The Kier molecular flexibility index (Phi) is 7.49. The van der Waals surface area contributed by atoms with Crippen molar-refractivity contribution in [2.45, 2.75) is 11.8 Å². The molecule has 0 radical (unpaired) electrons. The maximum Gasteiger partial charge on any atom is 0.223 e. The highest BCUT2D eigenvalue weighted by Crippen LogP contribution is 2.20. The molecule has 1 atom stereocenters. The first-order chi connectivity index (χ1) is 11.7. The van der Waals surface area contributed by atoms with E-state index in [0.29, 0.717) is 13.2 Å². The van der Waals surface area contributed by atoms with Crippen LogP contribution in [0.3, 0.4) is 0 Å². The molecule has 0 aliphatic carbocycles. The molecule has 0 saturated carbocycles. The molecule has 0 bridgehead atoms. The zero-order valence-corrected chi connectivity index (χ0v) is 14.8. The highest BCUT2D eigenvalue weighted by molar-refractivity contribution is 7.99. The van der Waals surface area contributed by atoms with Gasteiger partial charge in [0.05, 0.1) is 13.7 Å². The lowest BCUT2D eigenvalue weighted by Gasteiger charge is -2.13. The molecule has 2 rings (SSSR count). The van der Waals surface area contributed by atoms with E-state index in [-0.39, 0.29) is 11.8 Å². The van der Waals surface area contributed by atoms with Gasteiger partial charge >= 0.3 is 0 Å². The van der Waals surface area contributed by atoms with Gasteiger partial charge in [0.15, 0.2) is 0 Å². The summed E-state index contributed by atoms with van der Waals surface area (Å²) in [4.78, 5) is 13.3. The van der Waals surface area contributed by atoms with E-state index in [4.69, 9.17) is 9.47 Å². The maximum absolute atomic E-state index is 12.1. The fourth-order valence-corrected chi connectivity index (χ4v) is 2.97. The van der Waals surface area contributed by atoms with Gasteiger partial charge in [-0.05, 0) is 24.3 Å². The van der Waals surface area contributed by atoms with Crippen molar-refractivity contribution in [1.29, 1.82) is 0 Å². The van der Waals surface area contributed by atoms with Crippen LogP contribution < -0.4 is 14.8 Å². The van der Waals surface area contributed by atoms with Crippen molar-refractivity contribution in [2.24, 2.45) is 5.92 Å². The van der Waals surface area contributed by atoms with Crippen molar-refractivity contribution in [3.8, 4) is 11.5 Å². The topological polar surface area (TPSA) is 47.6 Å². The highest BCUT2D eigenvalue weighted by Gasteiger charge is 2.12. The van der Waals surface area contributed by atoms with Crippen LogP contribution in [0.2, 0.25) is 0 Å². The lowest BCUT2D eigenvalue weighted by molar-refractivity contribution is -0.123. The molecule has 1 amide bonds. The number of thioether (sulfide) groups is 1. The molecule has 0 heterocycles. The quantitative estimate of drug-likeness (QED) is 0.557. The predicted octanol–water partition coefficient (Wildman–Crippen LogP) is 3.62. The zero-order chi connectivity index (χ0) is 17.2. The number of methoxy groups -OCH3 is 1. The van der Waals surface area contributed by atoms with E-state index < -0.39 is 0 Å². The predicted molar refractivity (Wildman–Crippen MR) is 97.8 cm³/mol. The van der Waals surface area contributed by atoms with E-state index in [1.54, 1.807) is 18.9 Å². The van der Waals surface area contributed by atoms with Crippen LogP contribution in [0, 0.1) is 5.92 Å². The average molecular weight is 345 g/mol. The van der Waals surface area contributed by atoms with Crippen molar-refractivity contribution >= 4 is 17.7 Å². The second-order valence-corrected chi connectivity index (χ2v) is 6.44. The number of carbonyl (C=O) groups excluding carboxylic acids is 1. The summed E-state index contributed by atoms with van der Waals surface area (Å²) in [5.41, 5.74) is 0. The molecule has 4 nitrogen and oxygen atoms in total. The summed E-state index contributed by atoms with van der Waals surface area (Å²) in [6, 6.07) is 17.5.